The number of hydrogen-bond acceptors (Lipinski definition) is 3. The van der Waals surface area contributed by atoms with Gasteiger partial charge in [-0.2, -0.15) is 0 Å². The molecule has 0 aliphatic rings. The molecule has 0 aliphatic carbocycles. The van der Waals surface area contributed by atoms with Gasteiger partial charge in [0.2, 0.25) is 10.0 Å². The molecule has 2 N–H and O–H groups in total. The van der Waals surface area contributed by atoms with E-state index >= 15 is 0 Å². The molecule has 0 saturated heterocycles. The molecule has 1 aromatic carbocycles. The van der Waals surface area contributed by atoms with Gasteiger partial charge >= 0.3 is 0 Å². The summed E-state index contributed by atoms with van der Waals surface area (Å²) in [7, 11) is 2.24. The first-order valence-corrected chi connectivity index (χ1v) is 9.10. The largest absolute Gasteiger partial charge is 0.361 e. The van der Waals surface area contributed by atoms with Crippen LogP contribution >= 0.6 is 0 Å². The summed E-state index contributed by atoms with van der Waals surface area (Å²) < 4.78 is 26.8. The average Bonchev–Trinajstić information content (AvgIpc) is 2.88. The minimum atomic E-state index is -3.32. The number of aromatic nitrogens is 1. The van der Waals surface area contributed by atoms with E-state index < -0.39 is 15.3 Å². The highest BCUT2D eigenvalue weighted by molar-refractivity contribution is 7.89. The van der Waals surface area contributed by atoms with Crippen molar-refractivity contribution in [1.29, 1.82) is 0 Å². The molecule has 1 heterocycles. The maximum Gasteiger partial charge on any atom is 0.218 e. The SMILES string of the molecule is CCC(c1ccc2[nH]cc(CCN(C)C)c2c1)S(=O)(=O)NC. The number of sulfonamides is 1. The second-order valence-electron chi connectivity index (χ2n) is 5.82. The zero-order valence-corrected chi connectivity index (χ0v) is 14.5. The Morgan fingerprint density at radius 2 is 2.05 bits per heavy atom. The smallest absolute Gasteiger partial charge is 0.218 e. The fraction of sp³-hybridized carbons (Fsp3) is 0.500. The first-order valence-electron chi connectivity index (χ1n) is 7.56. The number of rotatable bonds is 7. The van der Waals surface area contributed by atoms with E-state index in [2.05, 4.69) is 14.6 Å². The number of hydrogen-bond donors (Lipinski definition) is 2. The Kier molecular flexibility index (Phi) is 5.26. The summed E-state index contributed by atoms with van der Waals surface area (Å²) in [6.45, 7) is 2.86. The molecule has 0 aliphatic heterocycles. The van der Waals surface area contributed by atoms with Crippen LogP contribution in [-0.4, -0.2) is 46.0 Å². The van der Waals surface area contributed by atoms with Gasteiger partial charge in [-0.05, 0) is 57.2 Å². The number of benzene rings is 1. The van der Waals surface area contributed by atoms with E-state index in [-0.39, 0.29) is 0 Å². The summed E-state index contributed by atoms with van der Waals surface area (Å²) in [6.07, 6.45) is 3.50. The highest BCUT2D eigenvalue weighted by Crippen LogP contribution is 2.29. The van der Waals surface area contributed by atoms with Crippen LogP contribution in [0.2, 0.25) is 0 Å². The Morgan fingerprint density at radius 1 is 1.32 bits per heavy atom. The molecule has 0 saturated carbocycles. The lowest BCUT2D eigenvalue weighted by atomic mass is 10.0. The molecule has 2 aromatic rings. The molecule has 122 valence electrons. The molecule has 5 nitrogen and oxygen atoms in total. The fourth-order valence-electron chi connectivity index (χ4n) is 2.72. The van der Waals surface area contributed by atoms with Crippen LogP contribution in [0.3, 0.4) is 0 Å². The van der Waals surface area contributed by atoms with E-state index in [9.17, 15) is 8.42 Å². The van der Waals surface area contributed by atoms with Crippen LogP contribution in [0.1, 0.15) is 29.7 Å². The molecule has 22 heavy (non-hydrogen) atoms. The van der Waals surface area contributed by atoms with Crippen LogP contribution in [0.25, 0.3) is 10.9 Å². The van der Waals surface area contributed by atoms with E-state index in [4.69, 9.17) is 0 Å². The number of nitrogens with zero attached hydrogens (tertiary/aromatic N) is 1. The number of nitrogens with one attached hydrogen (secondary N) is 2. The van der Waals surface area contributed by atoms with Gasteiger partial charge in [-0.1, -0.05) is 13.0 Å². The topological polar surface area (TPSA) is 65.2 Å². The summed E-state index contributed by atoms with van der Waals surface area (Å²) in [5.41, 5.74) is 3.12. The van der Waals surface area contributed by atoms with E-state index in [1.807, 2.05) is 45.4 Å². The van der Waals surface area contributed by atoms with Crippen molar-refractivity contribution in [3.05, 3.63) is 35.5 Å². The number of H-pyrrole nitrogens is 1. The molecule has 1 unspecified atom stereocenters. The van der Waals surface area contributed by atoms with Gasteiger partial charge in [0.05, 0.1) is 0 Å². The summed E-state index contributed by atoms with van der Waals surface area (Å²) >= 11 is 0. The molecule has 0 fully saturated rings. The van der Waals surface area contributed by atoms with Crippen molar-refractivity contribution in [2.45, 2.75) is 25.0 Å². The van der Waals surface area contributed by atoms with E-state index in [1.165, 1.54) is 12.6 Å². The van der Waals surface area contributed by atoms with E-state index in [0.717, 1.165) is 29.4 Å². The molecule has 1 atom stereocenters. The van der Waals surface area contributed by atoms with Crippen molar-refractivity contribution >= 4 is 20.9 Å². The van der Waals surface area contributed by atoms with Crippen LogP contribution in [0.4, 0.5) is 0 Å². The molecule has 0 spiro atoms. The summed E-state index contributed by atoms with van der Waals surface area (Å²) in [5.74, 6) is 0. The first kappa shape index (κ1) is 17.0. The second kappa shape index (κ2) is 6.81. The van der Waals surface area contributed by atoms with Crippen LogP contribution < -0.4 is 4.72 Å². The van der Waals surface area contributed by atoms with Gasteiger partial charge in [0.15, 0.2) is 0 Å². The standard InChI is InChI=1S/C16H25N3O2S/c1-5-16(22(20,21)17-2)12-6-7-15-14(10-12)13(11-18-15)8-9-19(3)4/h6-7,10-11,16-18H,5,8-9H2,1-4H3. The summed E-state index contributed by atoms with van der Waals surface area (Å²) in [4.78, 5) is 5.41. The molecule has 1 aromatic heterocycles. The van der Waals surface area contributed by atoms with Crippen LogP contribution in [0, 0.1) is 0 Å². The molecule has 0 amide bonds. The lowest BCUT2D eigenvalue weighted by Crippen LogP contribution is -2.25. The lowest BCUT2D eigenvalue weighted by molar-refractivity contribution is 0.414. The zero-order valence-electron chi connectivity index (χ0n) is 13.7. The fourth-order valence-corrected chi connectivity index (χ4v) is 3.95. The van der Waals surface area contributed by atoms with E-state index in [1.54, 1.807) is 0 Å². The predicted octanol–water partition coefficient (Wildman–Crippen LogP) is 2.27. The van der Waals surface area contributed by atoms with Gasteiger partial charge in [-0.3, -0.25) is 0 Å². The molecule has 2 rings (SSSR count). The first-order chi connectivity index (χ1) is 10.4. The molecular formula is C16H25N3O2S. The molecule has 0 bridgehead atoms. The Labute approximate surface area is 132 Å². The maximum atomic E-state index is 12.2. The summed E-state index contributed by atoms with van der Waals surface area (Å²) in [6, 6.07) is 5.88. The Hall–Kier alpha value is -1.37. The van der Waals surface area contributed by atoms with Crippen molar-refractivity contribution in [3.63, 3.8) is 0 Å². The molecular weight excluding hydrogens is 298 g/mol. The van der Waals surface area contributed by atoms with Gasteiger partial charge in [0.1, 0.15) is 5.25 Å². The van der Waals surface area contributed by atoms with Crippen molar-refractivity contribution in [1.82, 2.24) is 14.6 Å². The lowest BCUT2D eigenvalue weighted by Gasteiger charge is -2.16. The normalized spacial score (nSPS) is 13.9. The Balaban J connectivity index is 2.42. The summed E-state index contributed by atoms with van der Waals surface area (Å²) in [5, 5.41) is 0.600. The van der Waals surface area contributed by atoms with Gasteiger partial charge in [-0.25, -0.2) is 13.1 Å². The Morgan fingerprint density at radius 3 is 2.64 bits per heavy atom. The third-order valence-electron chi connectivity index (χ3n) is 4.02. The van der Waals surface area contributed by atoms with Gasteiger partial charge in [0, 0.05) is 23.6 Å². The predicted molar refractivity (Wildman–Crippen MR) is 91.6 cm³/mol. The zero-order chi connectivity index (χ0) is 16.3. The van der Waals surface area contributed by atoms with Gasteiger partial charge < -0.3 is 9.88 Å². The minimum absolute atomic E-state index is 0.515. The quantitative estimate of drug-likeness (QED) is 0.821. The van der Waals surface area contributed by atoms with Gasteiger partial charge in [-0.15, -0.1) is 0 Å². The average molecular weight is 323 g/mol. The van der Waals surface area contributed by atoms with E-state index in [0.29, 0.717) is 6.42 Å². The Bertz CT molecular complexity index is 735. The van der Waals surface area contributed by atoms with Crippen molar-refractivity contribution < 1.29 is 8.42 Å². The molecule has 6 heteroatoms. The van der Waals surface area contributed by atoms with Crippen molar-refractivity contribution in [2.24, 2.45) is 0 Å². The van der Waals surface area contributed by atoms with Crippen LogP contribution in [0.15, 0.2) is 24.4 Å². The van der Waals surface area contributed by atoms with Crippen LogP contribution in [0.5, 0.6) is 0 Å². The van der Waals surface area contributed by atoms with Crippen molar-refractivity contribution in [2.75, 3.05) is 27.7 Å². The number of aromatic amines is 1. The highest BCUT2D eigenvalue weighted by Gasteiger charge is 2.24. The highest BCUT2D eigenvalue weighted by atomic mass is 32.2. The number of fused-ring (bicyclic) bond motifs is 1. The van der Waals surface area contributed by atoms with Crippen LogP contribution in [-0.2, 0) is 16.4 Å². The second-order valence-corrected chi connectivity index (χ2v) is 7.89. The molecule has 0 radical (unpaired) electrons. The van der Waals surface area contributed by atoms with Crippen molar-refractivity contribution in [3.8, 4) is 0 Å². The third kappa shape index (κ3) is 3.51. The maximum absolute atomic E-state index is 12.2. The van der Waals surface area contributed by atoms with Gasteiger partial charge in [0.25, 0.3) is 0 Å². The minimum Gasteiger partial charge on any atom is -0.361 e. The number of likely N-dealkylation sites (N-methyl/N-ethyl adjacent to an activating group) is 1. The third-order valence-corrected chi connectivity index (χ3v) is 5.95. The monoisotopic (exact) mass is 323 g/mol.